The van der Waals surface area contributed by atoms with Gasteiger partial charge in [0.1, 0.15) is 17.2 Å². The lowest BCUT2D eigenvalue weighted by Crippen LogP contribution is -2.50. The highest BCUT2D eigenvalue weighted by Gasteiger charge is 2.57. The summed E-state index contributed by atoms with van der Waals surface area (Å²) in [7, 11) is 0. The molecule has 0 fully saturated rings. The first-order chi connectivity index (χ1) is 12.2. The molecule has 4 N–H and O–H groups in total. The first-order valence-electron chi connectivity index (χ1n) is 7.61. The number of alkyl halides is 3. The number of nitrogens with zero attached hydrogens (tertiary/aromatic N) is 1. The van der Waals surface area contributed by atoms with Gasteiger partial charge in [0.25, 0.3) is 0 Å². The largest absolute Gasteiger partial charge is 0.424 e. The molecule has 2 rings (SSSR count). The standard InChI is InChI=1S/C17H16F6N2O2/c1-15(2,26)10-11(19)13(8-3-5-9(18)6-4-8)25-14(12(10)20)16(27,7-24)17(21,22)23/h3-6,26-27H,7,24H2,1-2H3/t16-/m0/s1. The summed E-state index contributed by atoms with van der Waals surface area (Å²) in [6.07, 6.45) is -5.44. The van der Waals surface area contributed by atoms with E-state index in [0.29, 0.717) is 0 Å². The Morgan fingerprint density at radius 1 is 0.963 bits per heavy atom. The van der Waals surface area contributed by atoms with Crippen molar-refractivity contribution < 1.29 is 36.6 Å². The highest BCUT2D eigenvalue weighted by Crippen LogP contribution is 2.42. The van der Waals surface area contributed by atoms with Crippen LogP contribution in [-0.4, -0.2) is 27.9 Å². The Kier molecular flexibility index (Phi) is 5.30. The molecule has 1 aromatic carbocycles. The second-order valence-electron chi connectivity index (χ2n) is 6.44. The van der Waals surface area contributed by atoms with Gasteiger partial charge in [0.05, 0.1) is 11.2 Å². The van der Waals surface area contributed by atoms with Gasteiger partial charge in [0.2, 0.25) is 5.60 Å². The number of nitrogens with two attached hydrogens (primary N) is 1. The van der Waals surface area contributed by atoms with Crippen LogP contribution in [0.1, 0.15) is 25.1 Å². The number of pyridine rings is 1. The molecule has 0 amide bonds. The highest BCUT2D eigenvalue weighted by molar-refractivity contribution is 5.62. The van der Waals surface area contributed by atoms with Crippen molar-refractivity contribution in [3.63, 3.8) is 0 Å². The van der Waals surface area contributed by atoms with E-state index in [4.69, 9.17) is 5.73 Å². The van der Waals surface area contributed by atoms with E-state index in [9.17, 15) is 36.6 Å². The van der Waals surface area contributed by atoms with Crippen LogP contribution in [0.2, 0.25) is 0 Å². The Morgan fingerprint density at radius 3 is 1.89 bits per heavy atom. The zero-order chi connectivity index (χ0) is 20.8. The molecule has 1 heterocycles. The van der Waals surface area contributed by atoms with Gasteiger partial charge in [0.15, 0.2) is 11.6 Å². The summed E-state index contributed by atoms with van der Waals surface area (Å²) in [5, 5.41) is 20.1. The number of halogens is 6. The van der Waals surface area contributed by atoms with Gasteiger partial charge in [-0.05, 0) is 38.1 Å². The maximum Gasteiger partial charge on any atom is 0.424 e. The summed E-state index contributed by atoms with van der Waals surface area (Å²) in [4.78, 5) is 3.32. The minimum atomic E-state index is -5.44. The lowest BCUT2D eigenvalue weighted by molar-refractivity contribution is -0.264. The first kappa shape index (κ1) is 21.1. The molecule has 0 aliphatic heterocycles. The molecule has 2 aromatic rings. The van der Waals surface area contributed by atoms with Crippen molar-refractivity contribution >= 4 is 0 Å². The fourth-order valence-corrected chi connectivity index (χ4v) is 2.50. The molecule has 0 spiro atoms. The van der Waals surface area contributed by atoms with Crippen LogP contribution in [-0.2, 0) is 11.2 Å². The minimum Gasteiger partial charge on any atom is -0.386 e. The Labute approximate surface area is 150 Å². The molecule has 148 valence electrons. The molecule has 0 radical (unpaired) electrons. The number of aromatic nitrogens is 1. The molecule has 4 nitrogen and oxygen atoms in total. The Morgan fingerprint density at radius 2 is 1.48 bits per heavy atom. The summed E-state index contributed by atoms with van der Waals surface area (Å²) in [6, 6.07) is 3.79. The van der Waals surface area contributed by atoms with Gasteiger partial charge >= 0.3 is 6.18 Å². The number of aliphatic hydroxyl groups is 2. The number of hydrogen-bond donors (Lipinski definition) is 3. The number of benzene rings is 1. The summed E-state index contributed by atoms with van der Waals surface area (Å²) in [5.41, 5.74) is -4.90. The topological polar surface area (TPSA) is 79.4 Å². The van der Waals surface area contributed by atoms with Gasteiger partial charge in [-0.25, -0.2) is 18.2 Å². The molecule has 0 bridgehead atoms. The fourth-order valence-electron chi connectivity index (χ4n) is 2.50. The van der Waals surface area contributed by atoms with Crippen molar-refractivity contribution in [1.82, 2.24) is 4.98 Å². The lowest BCUT2D eigenvalue weighted by atomic mass is 9.89. The molecule has 1 aromatic heterocycles. The molecule has 10 heteroatoms. The van der Waals surface area contributed by atoms with Crippen LogP contribution in [0.25, 0.3) is 11.3 Å². The van der Waals surface area contributed by atoms with Crippen molar-refractivity contribution in [3.05, 3.63) is 53.0 Å². The van der Waals surface area contributed by atoms with E-state index in [1.807, 2.05) is 0 Å². The molecule has 1 atom stereocenters. The first-order valence-corrected chi connectivity index (χ1v) is 7.61. The second-order valence-corrected chi connectivity index (χ2v) is 6.44. The average Bonchev–Trinajstić information content (AvgIpc) is 2.53. The molecule has 0 aliphatic rings. The second kappa shape index (κ2) is 6.77. The third-order valence-corrected chi connectivity index (χ3v) is 3.96. The van der Waals surface area contributed by atoms with E-state index in [2.05, 4.69) is 4.98 Å². The van der Waals surface area contributed by atoms with E-state index < -0.39 is 58.3 Å². The van der Waals surface area contributed by atoms with Crippen molar-refractivity contribution in [3.8, 4) is 11.3 Å². The van der Waals surface area contributed by atoms with E-state index in [1.54, 1.807) is 0 Å². The number of hydrogen-bond acceptors (Lipinski definition) is 4. The molecular weight excluding hydrogens is 378 g/mol. The van der Waals surface area contributed by atoms with Crippen molar-refractivity contribution in [2.24, 2.45) is 5.73 Å². The van der Waals surface area contributed by atoms with Gasteiger partial charge < -0.3 is 15.9 Å². The van der Waals surface area contributed by atoms with Crippen LogP contribution in [0, 0.1) is 17.5 Å². The third-order valence-electron chi connectivity index (χ3n) is 3.96. The van der Waals surface area contributed by atoms with Crippen molar-refractivity contribution in [2.45, 2.75) is 31.2 Å². The molecule has 0 aliphatic carbocycles. The number of rotatable bonds is 4. The van der Waals surface area contributed by atoms with E-state index in [1.165, 1.54) is 0 Å². The Balaban J connectivity index is 2.94. The van der Waals surface area contributed by atoms with Gasteiger partial charge in [-0.2, -0.15) is 13.2 Å². The molecule has 0 saturated heterocycles. The summed E-state index contributed by atoms with van der Waals surface area (Å²) < 4.78 is 82.7. The SMILES string of the molecule is CC(C)(O)c1c(F)c(-c2ccc(F)cc2)nc([C@@](O)(CN)C(F)(F)F)c1F. The zero-order valence-corrected chi connectivity index (χ0v) is 14.2. The van der Waals surface area contributed by atoms with Crippen molar-refractivity contribution in [1.29, 1.82) is 0 Å². The highest BCUT2D eigenvalue weighted by atomic mass is 19.4. The summed E-state index contributed by atoms with van der Waals surface area (Å²) in [5.74, 6) is -4.04. The van der Waals surface area contributed by atoms with Crippen LogP contribution >= 0.6 is 0 Å². The average molecular weight is 394 g/mol. The van der Waals surface area contributed by atoms with Gasteiger partial charge in [-0.1, -0.05) is 0 Å². The maximum absolute atomic E-state index is 14.8. The van der Waals surface area contributed by atoms with Crippen LogP contribution in [0.4, 0.5) is 26.3 Å². The quantitative estimate of drug-likeness (QED) is 0.697. The predicted octanol–water partition coefficient (Wildman–Crippen LogP) is 3.10. The van der Waals surface area contributed by atoms with Gasteiger partial charge in [-0.15, -0.1) is 0 Å². The van der Waals surface area contributed by atoms with Crippen molar-refractivity contribution in [2.75, 3.05) is 6.54 Å². The van der Waals surface area contributed by atoms with Crippen LogP contribution in [0.3, 0.4) is 0 Å². The molecule has 27 heavy (non-hydrogen) atoms. The van der Waals surface area contributed by atoms with Gasteiger partial charge in [0, 0.05) is 12.1 Å². The van der Waals surface area contributed by atoms with E-state index in [-0.39, 0.29) is 5.56 Å². The molecular formula is C17H16F6N2O2. The van der Waals surface area contributed by atoms with Crippen LogP contribution < -0.4 is 5.73 Å². The van der Waals surface area contributed by atoms with E-state index >= 15 is 0 Å². The van der Waals surface area contributed by atoms with E-state index in [0.717, 1.165) is 38.1 Å². The normalized spacial score (nSPS) is 14.9. The van der Waals surface area contributed by atoms with Crippen LogP contribution in [0.5, 0.6) is 0 Å². The third kappa shape index (κ3) is 3.64. The van der Waals surface area contributed by atoms with Crippen LogP contribution in [0.15, 0.2) is 24.3 Å². The molecule has 0 saturated carbocycles. The summed E-state index contributed by atoms with van der Waals surface area (Å²) in [6.45, 7) is 0.393. The lowest BCUT2D eigenvalue weighted by Gasteiger charge is -2.31. The maximum atomic E-state index is 14.8. The fraction of sp³-hybridized carbons (Fsp3) is 0.353. The molecule has 0 unspecified atom stereocenters. The Bertz CT molecular complexity index is 846. The summed E-state index contributed by atoms with van der Waals surface area (Å²) >= 11 is 0. The Hall–Kier alpha value is -2.17. The minimum absolute atomic E-state index is 0.192. The smallest absolute Gasteiger partial charge is 0.386 e. The van der Waals surface area contributed by atoms with Gasteiger partial charge in [-0.3, -0.25) is 0 Å². The monoisotopic (exact) mass is 394 g/mol. The zero-order valence-electron chi connectivity index (χ0n) is 14.2. The predicted molar refractivity (Wildman–Crippen MR) is 83.8 cm³/mol.